The average Bonchev–Trinajstić information content (AvgIpc) is 2.40. The first-order valence-corrected chi connectivity index (χ1v) is 7.16. The van der Waals surface area contributed by atoms with Crippen LogP contribution in [-0.4, -0.2) is 13.4 Å². The van der Waals surface area contributed by atoms with Crippen LogP contribution in [0.4, 0.5) is 0 Å². The van der Waals surface area contributed by atoms with Crippen LogP contribution in [0.3, 0.4) is 0 Å². The number of aromatic nitrogens is 1. The second kappa shape index (κ2) is 3.50. The van der Waals surface area contributed by atoms with Gasteiger partial charge in [-0.25, -0.2) is 8.42 Å². The third kappa shape index (κ3) is 1.72. The molecule has 16 heavy (non-hydrogen) atoms. The molecule has 5 heteroatoms. The Balaban J connectivity index is 2.96. The van der Waals surface area contributed by atoms with Crippen molar-refractivity contribution in [1.29, 1.82) is 0 Å². The van der Waals surface area contributed by atoms with E-state index in [2.05, 4.69) is 4.98 Å². The predicted molar refractivity (Wildman–Crippen MR) is 65.5 cm³/mol. The van der Waals surface area contributed by atoms with Gasteiger partial charge in [0, 0.05) is 27.3 Å². The number of H-pyrrole nitrogens is 1. The summed E-state index contributed by atoms with van der Waals surface area (Å²) in [7, 11) is 1.72. The molecule has 0 amide bonds. The molecule has 0 fully saturated rings. The van der Waals surface area contributed by atoms with Gasteiger partial charge in [0.2, 0.25) is 0 Å². The van der Waals surface area contributed by atoms with Crippen molar-refractivity contribution < 1.29 is 8.42 Å². The van der Waals surface area contributed by atoms with E-state index in [4.69, 9.17) is 10.7 Å². The maximum atomic E-state index is 11.5. The smallest absolute Gasteiger partial charge is 0.263 e. The number of benzene rings is 1. The van der Waals surface area contributed by atoms with Gasteiger partial charge in [-0.2, -0.15) is 0 Å². The molecule has 0 aliphatic heterocycles. The SMILES string of the molecule is Cc1cc2[nH]c(C)c(S(=O)(=O)Cl)c2cc1C. The van der Waals surface area contributed by atoms with Crippen molar-refractivity contribution in [1.82, 2.24) is 4.98 Å². The lowest BCUT2D eigenvalue weighted by Crippen LogP contribution is -1.92. The van der Waals surface area contributed by atoms with Gasteiger partial charge in [0.05, 0.1) is 0 Å². The fourth-order valence-corrected chi connectivity index (χ4v) is 3.33. The summed E-state index contributed by atoms with van der Waals surface area (Å²) in [6, 6.07) is 3.78. The van der Waals surface area contributed by atoms with E-state index in [-0.39, 0.29) is 4.90 Å². The first-order valence-electron chi connectivity index (χ1n) is 4.85. The van der Waals surface area contributed by atoms with Crippen LogP contribution < -0.4 is 0 Å². The number of rotatable bonds is 1. The Bertz CT molecular complexity index is 671. The molecule has 2 aromatic rings. The van der Waals surface area contributed by atoms with Gasteiger partial charge in [-0.3, -0.25) is 0 Å². The highest BCUT2D eigenvalue weighted by Crippen LogP contribution is 2.30. The van der Waals surface area contributed by atoms with E-state index in [0.29, 0.717) is 11.1 Å². The second-order valence-electron chi connectivity index (χ2n) is 4.00. The zero-order valence-corrected chi connectivity index (χ0v) is 10.8. The maximum absolute atomic E-state index is 11.5. The lowest BCUT2D eigenvalue weighted by atomic mass is 10.1. The Morgan fingerprint density at radius 3 is 2.25 bits per heavy atom. The topological polar surface area (TPSA) is 49.9 Å². The summed E-state index contributed by atoms with van der Waals surface area (Å²) in [5, 5.41) is 0.663. The second-order valence-corrected chi connectivity index (χ2v) is 6.50. The standard InChI is InChI=1S/C11H12ClNO2S/c1-6-4-9-10(5-7(6)2)13-8(3)11(9)16(12,14)15/h4-5,13H,1-3H3. The average molecular weight is 258 g/mol. The van der Waals surface area contributed by atoms with Gasteiger partial charge >= 0.3 is 0 Å². The van der Waals surface area contributed by atoms with Crippen molar-refractivity contribution in [2.75, 3.05) is 0 Å². The minimum absolute atomic E-state index is 0.187. The van der Waals surface area contributed by atoms with Crippen molar-refractivity contribution in [3.05, 3.63) is 29.0 Å². The summed E-state index contributed by atoms with van der Waals surface area (Å²) in [5.41, 5.74) is 3.55. The Morgan fingerprint density at radius 2 is 1.69 bits per heavy atom. The van der Waals surface area contributed by atoms with Gasteiger partial charge in [-0.1, -0.05) is 0 Å². The van der Waals surface area contributed by atoms with E-state index in [0.717, 1.165) is 16.6 Å². The van der Waals surface area contributed by atoms with Crippen molar-refractivity contribution in [3.8, 4) is 0 Å². The monoisotopic (exact) mass is 257 g/mol. The van der Waals surface area contributed by atoms with Crippen molar-refractivity contribution in [2.24, 2.45) is 0 Å². The van der Waals surface area contributed by atoms with Crippen molar-refractivity contribution in [2.45, 2.75) is 25.7 Å². The molecule has 3 nitrogen and oxygen atoms in total. The molecule has 0 unspecified atom stereocenters. The fourth-order valence-electron chi connectivity index (χ4n) is 1.88. The molecule has 0 aliphatic carbocycles. The third-order valence-corrected chi connectivity index (χ3v) is 4.26. The molecule has 0 atom stereocenters. The van der Waals surface area contributed by atoms with Crippen LogP contribution >= 0.6 is 10.7 Å². The molecule has 0 saturated heterocycles. The Labute approximate surface area is 98.8 Å². The Kier molecular flexibility index (Phi) is 2.51. The summed E-state index contributed by atoms with van der Waals surface area (Å²) in [6.45, 7) is 5.64. The molecular formula is C11H12ClNO2S. The first kappa shape index (κ1) is 11.5. The highest BCUT2D eigenvalue weighted by Gasteiger charge is 2.20. The van der Waals surface area contributed by atoms with E-state index >= 15 is 0 Å². The van der Waals surface area contributed by atoms with Crippen LogP contribution in [0.2, 0.25) is 0 Å². The number of hydrogen-bond donors (Lipinski definition) is 1. The number of hydrogen-bond acceptors (Lipinski definition) is 2. The molecule has 1 aromatic heterocycles. The molecule has 0 saturated carbocycles. The van der Waals surface area contributed by atoms with Crippen molar-refractivity contribution in [3.63, 3.8) is 0 Å². The molecule has 0 bridgehead atoms. The predicted octanol–water partition coefficient (Wildman–Crippen LogP) is 3.02. The highest BCUT2D eigenvalue weighted by molar-refractivity contribution is 8.14. The fraction of sp³-hybridized carbons (Fsp3) is 0.273. The summed E-state index contributed by atoms with van der Waals surface area (Å²) < 4.78 is 22.9. The van der Waals surface area contributed by atoms with Gasteiger partial charge in [-0.15, -0.1) is 0 Å². The number of aryl methyl sites for hydroxylation is 3. The number of fused-ring (bicyclic) bond motifs is 1. The van der Waals surface area contributed by atoms with E-state index < -0.39 is 9.05 Å². The van der Waals surface area contributed by atoms with Gasteiger partial charge in [0.25, 0.3) is 9.05 Å². The van der Waals surface area contributed by atoms with E-state index in [1.165, 1.54) is 0 Å². The zero-order valence-electron chi connectivity index (χ0n) is 9.26. The summed E-state index contributed by atoms with van der Waals surface area (Å²) in [6.07, 6.45) is 0. The van der Waals surface area contributed by atoms with Crippen LogP contribution in [0.1, 0.15) is 16.8 Å². The molecule has 2 rings (SSSR count). The summed E-state index contributed by atoms with van der Waals surface area (Å²) in [5.74, 6) is 0. The lowest BCUT2D eigenvalue weighted by Gasteiger charge is -2.00. The molecule has 1 heterocycles. The van der Waals surface area contributed by atoms with Crippen LogP contribution in [0.15, 0.2) is 17.0 Å². The summed E-state index contributed by atoms with van der Waals surface area (Å²) in [4.78, 5) is 3.23. The molecule has 1 N–H and O–H groups in total. The number of nitrogens with one attached hydrogen (secondary N) is 1. The molecule has 0 aliphatic rings. The third-order valence-electron chi connectivity index (χ3n) is 2.79. The first-order chi connectivity index (χ1) is 7.30. The van der Waals surface area contributed by atoms with E-state index in [1.54, 1.807) is 6.92 Å². The van der Waals surface area contributed by atoms with Gasteiger partial charge in [0.15, 0.2) is 0 Å². The largest absolute Gasteiger partial charge is 0.357 e. The van der Waals surface area contributed by atoms with Crippen molar-refractivity contribution >= 4 is 30.6 Å². The van der Waals surface area contributed by atoms with Gasteiger partial charge < -0.3 is 4.98 Å². The minimum atomic E-state index is -3.71. The molecule has 0 spiro atoms. The Hall–Kier alpha value is -1.00. The number of halogens is 1. The molecular weight excluding hydrogens is 246 g/mol. The highest BCUT2D eigenvalue weighted by atomic mass is 35.7. The summed E-state index contributed by atoms with van der Waals surface area (Å²) >= 11 is 0. The minimum Gasteiger partial charge on any atom is -0.357 e. The van der Waals surface area contributed by atoms with Crippen LogP contribution in [0.5, 0.6) is 0 Å². The van der Waals surface area contributed by atoms with Crippen LogP contribution in [0.25, 0.3) is 10.9 Å². The van der Waals surface area contributed by atoms with Crippen LogP contribution in [-0.2, 0) is 9.05 Å². The van der Waals surface area contributed by atoms with E-state index in [1.807, 2.05) is 26.0 Å². The quantitative estimate of drug-likeness (QED) is 0.799. The molecule has 0 radical (unpaired) electrons. The normalized spacial score (nSPS) is 12.2. The van der Waals surface area contributed by atoms with E-state index in [9.17, 15) is 8.42 Å². The number of aromatic amines is 1. The lowest BCUT2D eigenvalue weighted by molar-refractivity contribution is 0.610. The van der Waals surface area contributed by atoms with Gasteiger partial charge in [0.1, 0.15) is 4.90 Å². The maximum Gasteiger partial charge on any atom is 0.263 e. The molecule has 1 aromatic carbocycles. The van der Waals surface area contributed by atoms with Gasteiger partial charge in [-0.05, 0) is 44.0 Å². The molecule has 86 valence electrons. The van der Waals surface area contributed by atoms with Crippen LogP contribution in [0, 0.1) is 20.8 Å². The zero-order chi connectivity index (χ0) is 12.1. The Morgan fingerprint density at radius 1 is 1.12 bits per heavy atom.